The van der Waals surface area contributed by atoms with E-state index in [1.165, 1.54) is 28.9 Å². The number of sulfonamides is 1. The van der Waals surface area contributed by atoms with Crippen LogP contribution >= 0.6 is 12.4 Å². The predicted molar refractivity (Wildman–Crippen MR) is 125 cm³/mol. The van der Waals surface area contributed by atoms with E-state index in [9.17, 15) is 17.6 Å². The molecule has 0 atom stereocenters. The average Bonchev–Trinajstić information content (AvgIpc) is 3.27. The first kappa shape index (κ1) is 26.5. The second-order valence-electron chi connectivity index (χ2n) is 8.64. The van der Waals surface area contributed by atoms with Gasteiger partial charge in [-0.1, -0.05) is 5.16 Å². The third-order valence-corrected chi connectivity index (χ3v) is 8.13. The summed E-state index contributed by atoms with van der Waals surface area (Å²) in [4.78, 5) is 20.8. The van der Waals surface area contributed by atoms with Crippen LogP contribution in [0.4, 0.5) is 4.39 Å². The van der Waals surface area contributed by atoms with Crippen LogP contribution in [0.5, 0.6) is 0 Å². The van der Waals surface area contributed by atoms with Crippen molar-refractivity contribution in [3.63, 3.8) is 0 Å². The van der Waals surface area contributed by atoms with Crippen LogP contribution in [0.15, 0.2) is 27.6 Å². The summed E-state index contributed by atoms with van der Waals surface area (Å²) in [5.41, 5.74) is 0.306. The van der Waals surface area contributed by atoms with Gasteiger partial charge >= 0.3 is 0 Å². The van der Waals surface area contributed by atoms with Crippen LogP contribution in [0.3, 0.4) is 0 Å². The molecule has 3 heterocycles. The molecule has 188 valence electrons. The molecule has 0 saturated carbocycles. The summed E-state index contributed by atoms with van der Waals surface area (Å²) in [5, 5.41) is 4.01. The fraction of sp³-hybridized carbons (Fsp3) is 0.591. The number of carbonyl (C=O) groups excluding carboxylic acids is 1. The first-order valence-corrected chi connectivity index (χ1v) is 12.8. The van der Waals surface area contributed by atoms with Crippen molar-refractivity contribution in [2.45, 2.75) is 50.5 Å². The topological polar surface area (TPSA) is 99.8 Å². The van der Waals surface area contributed by atoms with Gasteiger partial charge in [-0.15, -0.1) is 12.4 Å². The lowest BCUT2D eigenvalue weighted by Gasteiger charge is -2.33. The highest BCUT2D eigenvalue weighted by atomic mass is 35.5. The summed E-state index contributed by atoms with van der Waals surface area (Å²) in [7, 11) is -3.66. The van der Waals surface area contributed by atoms with Crippen molar-refractivity contribution in [2.75, 3.05) is 39.3 Å². The fourth-order valence-corrected chi connectivity index (χ4v) is 5.73. The first-order chi connectivity index (χ1) is 15.8. The van der Waals surface area contributed by atoms with Crippen LogP contribution in [-0.2, 0) is 27.8 Å². The molecule has 4 rings (SSSR count). The number of aromatic nitrogens is 2. The van der Waals surface area contributed by atoms with Gasteiger partial charge in [-0.3, -0.25) is 9.69 Å². The molecule has 9 nitrogen and oxygen atoms in total. The number of hydrogen-bond acceptors (Lipinski definition) is 7. The van der Waals surface area contributed by atoms with E-state index in [1.807, 2.05) is 4.90 Å². The van der Waals surface area contributed by atoms with Gasteiger partial charge in [-0.05, 0) is 49.9 Å². The Labute approximate surface area is 205 Å². The Kier molecular flexibility index (Phi) is 9.02. The molecule has 2 fully saturated rings. The molecule has 1 aromatic heterocycles. The molecular weight excluding hydrogens is 485 g/mol. The molecule has 1 aromatic carbocycles. The minimum Gasteiger partial charge on any atom is -0.343 e. The van der Waals surface area contributed by atoms with Gasteiger partial charge in [0, 0.05) is 52.1 Å². The molecule has 2 saturated heterocycles. The molecule has 0 unspecified atom stereocenters. The van der Waals surface area contributed by atoms with Crippen LogP contribution < -0.4 is 0 Å². The van der Waals surface area contributed by atoms with Gasteiger partial charge in [-0.25, -0.2) is 12.8 Å². The van der Waals surface area contributed by atoms with Crippen molar-refractivity contribution < 1.29 is 22.1 Å². The van der Waals surface area contributed by atoms with Gasteiger partial charge in [0.25, 0.3) is 0 Å². The number of nitrogens with zero attached hydrogens (tertiary/aromatic N) is 5. The first-order valence-electron chi connectivity index (χ1n) is 11.4. The van der Waals surface area contributed by atoms with Gasteiger partial charge < -0.3 is 9.42 Å². The summed E-state index contributed by atoms with van der Waals surface area (Å²) < 4.78 is 46.0. The number of aryl methyl sites for hydroxylation is 2. The van der Waals surface area contributed by atoms with E-state index in [1.54, 1.807) is 6.92 Å². The highest BCUT2D eigenvalue weighted by Crippen LogP contribution is 2.21. The summed E-state index contributed by atoms with van der Waals surface area (Å²) in [6.45, 7) is 5.37. The largest absolute Gasteiger partial charge is 0.343 e. The standard InChI is InChI=1S/C22H30FN5O4S.ClH/c1-17-15-18(5-6-19(17)23)33(30,31)28-13-11-26(12-14-28)16-20-24-21(32-25-20)7-8-22(29)27-9-3-2-4-10-27;/h5-6,15H,2-4,7-14,16H2,1H3;1H. The monoisotopic (exact) mass is 515 g/mol. The summed E-state index contributed by atoms with van der Waals surface area (Å²) in [6.07, 6.45) is 4.10. The Morgan fingerprint density at radius 2 is 1.79 bits per heavy atom. The van der Waals surface area contributed by atoms with Crippen molar-refractivity contribution in [3.05, 3.63) is 41.3 Å². The van der Waals surface area contributed by atoms with E-state index in [0.717, 1.165) is 25.9 Å². The number of likely N-dealkylation sites (tertiary alicyclic amines) is 1. The lowest BCUT2D eigenvalue weighted by Crippen LogP contribution is -2.48. The van der Waals surface area contributed by atoms with Gasteiger partial charge in [0.05, 0.1) is 11.4 Å². The average molecular weight is 516 g/mol. The maximum absolute atomic E-state index is 13.5. The van der Waals surface area contributed by atoms with Crippen molar-refractivity contribution >= 4 is 28.3 Å². The van der Waals surface area contributed by atoms with Gasteiger partial charge in [0.1, 0.15) is 5.82 Å². The van der Waals surface area contributed by atoms with Crippen molar-refractivity contribution in [2.24, 2.45) is 0 Å². The molecule has 2 aliphatic heterocycles. The van der Waals surface area contributed by atoms with E-state index < -0.39 is 15.8 Å². The highest BCUT2D eigenvalue weighted by Gasteiger charge is 2.29. The molecule has 0 aliphatic carbocycles. The number of amides is 1. The minimum absolute atomic E-state index is 0. The fourth-order valence-electron chi connectivity index (χ4n) is 4.23. The molecule has 0 N–H and O–H groups in total. The van der Waals surface area contributed by atoms with E-state index in [0.29, 0.717) is 62.8 Å². The predicted octanol–water partition coefficient (Wildman–Crippen LogP) is 2.39. The molecule has 0 radical (unpaired) electrons. The summed E-state index contributed by atoms with van der Waals surface area (Å²) in [6, 6.07) is 3.86. The second-order valence-corrected chi connectivity index (χ2v) is 10.6. The zero-order valence-electron chi connectivity index (χ0n) is 19.3. The van der Waals surface area contributed by atoms with Crippen molar-refractivity contribution in [3.8, 4) is 0 Å². The highest BCUT2D eigenvalue weighted by molar-refractivity contribution is 7.89. The molecule has 1 amide bonds. The van der Waals surface area contributed by atoms with E-state index in [4.69, 9.17) is 4.52 Å². The minimum atomic E-state index is -3.66. The maximum Gasteiger partial charge on any atom is 0.243 e. The smallest absolute Gasteiger partial charge is 0.243 e. The maximum atomic E-state index is 13.5. The second kappa shape index (κ2) is 11.6. The summed E-state index contributed by atoms with van der Waals surface area (Å²) in [5.74, 6) is 0.682. The molecule has 2 aromatic rings. The normalized spacial score (nSPS) is 18.0. The molecule has 0 bridgehead atoms. The van der Waals surface area contributed by atoms with Gasteiger partial charge in [0.2, 0.25) is 21.8 Å². The van der Waals surface area contributed by atoms with E-state index in [2.05, 4.69) is 15.0 Å². The Balaban J connectivity index is 0.00000324. The molecular formula is C22H31ClFN5O4S. The number of carbonyl (C=O) groups is 1. The number of halogens is 2. The summed E-state index contributed by atoms with van der Waals surface area (Å²) >= 11 is 0. The number of piperazine rings is 1. The number of hydrogen-bond donors (Lipinski definition) is 0. The zero-order chi connectivity index (χ0) is 23.4. The van der Waals surface area contributed by atoms with E-state index in [-0.39, 0.29) is 23.2 Å². The van der Waals surface area contributed by atoms with Crippen LogP contribution in [-0.4, -0.2) is 77.8 Å². The van der Waals surface area contributed by atoms with Crippen LogP contribution in [0, 0.1) is 12.7 Å². The molecule has 0 spiro atoms. The third-order valence-electron chi connectivity index (χ3n) is 6.24. The Bertz CT molecular complexity index is 1080. The number of benzene rings is 1. The van der Waals surface area contributed by atoms with E-state index >= 15 is 0 Å². The van der Waals surface area contributed by atoms with Crippen LogP contribution in [0.1, 0.15) is 43.0 Å². The number of rotatable bonds is 7. The molecule has 34 heavy (non-hydrogen) atoms. The SMILES string of the molecule is Cc1cc(S(=O)(=O)N2CCN(Cc3noc(CCC(=O)N4CCCCC4)n3)CC2)ccc1F.Cl. The Morgan fingerprint density at radius 3 is 2.47 bits per heavy atom. The Morgan fingerprint density at radius 1 is 1.09 bits per heavy atom. The van der Waals surface area contributed by atoms with Crippen LogP contribution in [0.2, 0.25) is 0 Å². The molecule has 2 aliphatic rings. The lowest BCUT2D eigenvalue weighted by atomic mass is 10.1. The quantitative estimate of drug-likeness (QED) is 0.558. The number of piperidine rings is 1. The van der Waals surface area contributed by atoms with Crippen molar-refractivity contribution in [1.82, 2.24) is 24.2 Å². The zero-order valence-corrected chi connectivity index (χ0v) is 20.9. The van der Waals surface area contributed by atoms with Crippen LogP contribution in [0.25, 0.3) is 0 Å². The third kappa shape index (κ3) is 6.32. The Hall–Kier alpha value is -2.08. The molecule has 12 heteroatoms. The lowest BCUT2D eigenvalue weighted by molar-refractivity contribution is -0.132. The van der Waals surface area contributed by atoms with Gasteiger partial charge in [0.15, 0.2) is 5.82 Å². The van der Waals surface area contributed by atoms with Gasteiger partial charge in [-0.2, -0.15) is 9.29 Å². The van der Waals surface area contributed by atoms with Crippen molar-refractivity contribution in [1.29, 1.82) is 0 Å².